The van der Waals surface area contributed by atoms with Crippen LogP contribution in [0, 0.1) is 0 Å². The van der Waals surface area contributed by atoms with Crippen molar-refractivity contribution in [2.24, 2.45) is 0 Å². The van der Waals surface area contributed by atoms with Gasteiger partial charge in [-0.1, -0.05) is 18.2 Å². The first-order valence-corrected chi connectivity index (χ1v) is 10.7. The molecule has 0 aliphatic heterocycles. The summed E-state index contributed by atoms with van der Waals surface area (Å²) in [5, 5.41) is 2.75. The predicted octanol–water partition coefficient (Wildman–Crippen LogP) is 3.93. The van der Waals surface area contributed by atoms with Gasteiger partial charge < -0.3 is 14.8 Å². The number of sulfone groups is 1. The van der Waals surface area contributed by atoms with Gasteiger partial charge in [0, 0.05) is 17.5 Å². The van der Waals surface area contributed by atoms with Gasteiger partial charge in [0.15, 0.2) is 9.84 Å². The van der Waals surface area contributed by atoms with Crippen molar-refractivity contribution < 1.29 is 22.7 Å². The summed E-state index contributed by atoms with van der Waals surface area (Å²) in [5.74, 6) is 1.03. The van der Waals surface area contributed by atoms with Crippen molar-refractivity contribution in [2.45, 2.75) is 11.5 Å². The summed E-state index contributed by atoms with van der Waals surface area (Å²) < 4.78 is 33.9. The van der Waals surface area contributed by atoms with Gasteiger partial charge in [-0.25, -0.2) is 8.42 Å². The van der Waals surface area contributed by atoms with Crippen LogP contribution in [0.2, 0.25) is 0 Å². The quantitative estimate of drug-likeness (QED) is 0.637. The predicted molar refractivity (Wildman–Crippen MR) is 111 cm³/mol. The second-order valence-corrected chi connectivity index (χ2v) is 8.43. The third kappa shape index (κ3) is 5.58. The van der Waals surface area contributed by atoms with E-state index in [1.54, 1.807) is 43.5 Å². The number of hydrogen-bond donors (Lipinski definition) is 1. The summed E-state index contributed by atoms with van der Waals surface area (Å²) in [7, 11) is -1.66. The molecule has 29 heavy (non-hydrogen) atoms. The molecule has 0 spiro atoms. The molecular weight excluding hydrogens is 390 g/mol. The van der Waals surface area contributed by atoms with Gasteiger partial charge in [0.25, 0.3) is 5.91 Å². The van der Waals surface area contributed by atoms with Crippen LogP contribution in [0.15, 0.2) is 77.7 Å². The van der Waals surface area contributed by atoms with Gasteiger partial charge in [-0.15, -0.1) is 0 Å². The van der Waals surface area contributed by atoms with Crippen LogP contribution in [0.3, 0.4) is 0 Å². The Labute approximate surface area is 170 Å². The highest BCUT2D eigenvalue weighted by Crippen LogP contribution is 2.19. The SMILES string of the molecule is COc1ccc(COc2cccc(C(=O)Nc3ccc(S(C)(=O)=O)cc3)c2)cc1. The van der Waals surface area contributed by atoms with E-state index < -0.39 is 9.84 Å². The number of carbonyl (C=O) groups excluding carboxylic acids is 1. The van der Waals surface area contributed by atoms with E-state index in [0.29, 0.717) is 23.6 Å². The van der Waals surface area contributed by atoms with E-state index in [9.17, 15) is 13.2 Å². The molecule has 0 unspecified atom stereocenters. The van der Waals surface area contributed by atoms with Gasteiger partial charge in [-0.2, -0.15) is 0 Å². The molecule has 1 N–H and O–H groups in total. The third-order valence-corrected chi connectivity index (χ3v) is 5.33. The minimum atomic E-state index is -3.28. The monoisotopic (exact) mass is 411 g/mol. The average Bonchev–Trinajstić information content (AvgIpc) is 2.72. The third-order valence-electron chi connectivity index (χ3n) is 4.20. The molecular formula is C22H21NO5S. The second kappa shape index (κ2) is 8.79. The molecule has 0 radical (unpaired) electrons. The lowest BCUT2D eigenvalue weighted by molar-refractivity contribution is 0.102. The summed E-state index contributed by atoms with van der Waals surface area (Å²) in [4.78, 5) is 12.7. The Balaban J connectivity index is 1.64. The lowest BCUT2D eigenvalue weighted by atomic mass is 10.2. The molecule has 0 aromatic heterocycles. The molecule has 0 fully saturated rings. The standard InChI is InChI=1S/C22H21NO5S/c1-27-19-10-6-16(7-11-19)15-28-20-5-3-4-17(14-20)22(24)23-18-8-12-21(13-9-18)29(2,25)26/h3-14H,15H2,1-2H3,(H,23,24). The van der Waals surface area contributed by atoms with Gasteiger partial charge in [-0.3, -0.25) is 4.79 Å². The Hall–Kier alpha value is -3.32. The van der Waals surface area contributed by atoms with Gasteiger partial charge in [0.05, 0.1) is 12.0 Å². The number of rotatable bonds is 7. The average molecular weight is 411 g/mol. The van der Waals surface area contributed by atoms with Crippen LogP contribution in [0.5, 0.6) is 11.5 Å². The first-order chi connectivity index (χ1) is 13.8. The Morgan fingerprint density at radius 2 is 1.62 bits per heavy atom. The second-order valence-electron chi connectivity index (χ2n) is 6.42. The molecule has 0 heterocycles. The zero-order chi connectivity index (χ0) is 20.9. The van der Waals surface area contributed by atoms with Gasteiger partial charge >= 0.3 is 0 Å². The molecule has 0 bridgehead atoms. The van der Waals surface area contributed by atoms with E-state index >= 15 is 0 Å². The van der Waals surface area contributed by atoms with Crippen molar-refractivity contribution in [1.29, 1.82) is 0 Å². The highest BCUT2D eigenvalue weighted by Gasteiger charge is 2.10. The number of benzene rings is 3. The number of anilines is 1. The van der Waals surface area contributed by atoms with E-state index in [1.165, 1.54) is 12.1 Å². The molecule has 0 aliphatic carbocycles. The molecule has 150 valence electrons. The summed E-state index contributed by atoms with van der Waals surface area (Å²) in [6.07, 6.45) is 1.14. The molecule has 0 atom stereocenters. The lowest BCUT2D eigenvalue weighted by Crippen LogP contribution is -2.12. The number of amides is 1. The molecule has 3 aromatic carbocycles. The van der Waals surface area contributed by atoms with Crippen molar-refractivity contribution in [3.8, 4) is 11.5 Å². The van der Waals surface area contributed by atoms with E-state index in [2.05, 4.69) is 5.32 Å². The molecule has 3 rings (SSSR count). The first-order valence-electron chi connectivity index (χ1n) is 8.82. The van der Waals surface area contributed by atoms with Crippen LogP contribution in [0.25, 0.3) is 0 Å². The minimum Gasteiger partial charge on any atom is -0.497 e. The van der Waals surface area contributed by atoms with E-state index in [-0.39, 0.29) is 10.8 Å². The minimum absolute atomic E-state index is 0.199. The van der Waals surface area contributed by atoms with Gasteiger partial charge in [-0.05, 0) is 60.2 Å². The fourth-order valence-corrected chi connectivity index (χ4v) is 3.23. The Kier molecular flexibility index (Phi) is 6.19. The zero-order valence-corrected chi connectivity index (χ0v) is 16.9. The van der Waals surface area contributed by atoms with Crippen LogP contribution in [0.1, 0.15) is 15.9 Å². The summed E-state index contributed by atoms with van der Waals surface area (Å²) in [6, 6.07) is 20.4. The largest absolute Gasteiger partial charge is 0.497 e. The van der Waals surface area contributed by atoms with Crippen LogP contribution in [0.4, 0.5) is 5.69 Å². The normalized spacial score (nSPS) is 11.0. The Morgan fingerprint density at radius 3 is 2.24 bits per heavy atom. The number of nitrogens with one attached hydrogen (secondary N) is 1. The molecule has 7 heteroatoms. The maximum absolute atomic E-state index is 12.5. The van der Waals surface area contributed by atoms with Crippen LogP contribution in [-0.4, -0.2) is 27.7 Å². The number of ether oxygens (including phenoxy) is 2. The van der Waals surface area contributed by atoms with Crippen LogP contribution >= 0.6 is 0 Å². The molecule has 6 nitrogen and oxygen atoms in total. The molecule has 0 saturated heterocycles. The smallest absolute Gasteiger partial charge is 0.255 e. The first kappa shape index (κ1) is 20.4. The maximum Gasteiger partial charge on any atom is 0.255 e. The van der Waals surface area contributed by atoms with Crippen molar-refractivity contribution in [1.82, 2.24) is 0 Å². The van der Waals surface area contributed by atoms with E-state index in [1.807, 2.05) is 24.3 Å². The fourth-order valence-electron chi connectivity index (χ4n) is 2.60. The highest BCUT2D eigenvalue weighted by atomic mass is 32.2. The van der Waals surface area contributed by atoms with Crippen molar-refractivity contribution in [3.05, 3.63) is 83.9 Å². The Morgan fingerprint density at radius 1 is 0.931 bits per heavy atom. The molecule has 1 amide bonds. The maximum atomic E-state index is 12.5. The number of methoxy groups -OCH3 is 1. The van der Waals surface area contributed by atoms with Crippen LogP contribution < -0.4 is 14.8 Å². The molecule has 0 aliphatic rings. The van der Waals surface area contributed by atoms with Gasteiger partial charge in [0.1, 0.15) is 18.1 Å². The van der Waals surface area contributed by atoms with Crippen molar-refractivity contribution >= 4 is 21.4 Å². The van der Waals surface area contributed by atoms with E-state index in [4.69, 9.17) is 9.47 Å². The van der Waals surface area contributed by atoms with Crippen LogP contribution in [-0.2, 0) is 16.4 Å². The summed E-state index contributed by atoms with van der Waals surface area (Å²) in [5.41, 5.74) is 1.92. The summed E-state index contributed by atoms with van der Waals surface area (Å²) >= 11 is 0. The summed E-state index contributed by atoms with van der Waals surface area (Å²) in [6.45, 7) is 0.363. The molecule has 3 aromatic rings. The van der Waals surface area contributed by atoms with Gasteiger partial charge in [0.2, 0.25) is 0 Å². The molecule has 0 saturated carbocycles. The Bertz CT molecular complexity index is 1090. The van der Waals surface area contributed by atoms with E-state index in [0.717, 1.165) is 17.6 Å². The number of hydrogen-bond acceptors (Lipinski definition) is 5. The van der Waals surface area contributed by atoms with Crippen molar-refractivity contribution in [2.75, 3.05) is 18.7 Å². The topological polar surface area (TPSA) is 81.7 Å². The van der Waals surface area contributed by atoms with Crippen molar-refractivity contribution in [3.63, 3.8) is 0 Å². The zero-order valence-electron chi connectivity index (χ0n) is 16.1. The number of carbonyl (C=O) groups is 1. The highest BCUT2D eigenvalue weighted by molar-refractivity contribution is 7.90. The fraction of sp³-hybridized carbons (Fsp3) is 0.136. The lowest BCUT2D eigenvalue weighted by Gasteiger charge is -2.10.